The molecule has 0 fully saturated rings. The number of halogens is 2. The molecule has 1 aromatic rings. The molecule has 0 unspecified atom stereocenters. The molecule has 0 saturated heterocycles. The summed E-state index contributed by atoms with van der Waals surface area (Å²) in [6.45, 7) is 7.23. The van der Waals surface area contributed by atoms with Gasteiger partial charge in [-0.15, -0.1) is 0 Å². The molecule has 2 amide bonds. The van der Waals surface area contributed by atoms with Crippen molar-refractivity contribution < 1.29 is 9.18 Å². The number of nitrogens with zero attached hydrogens (tertiary/aromatic N) is 1. The van der Waals surface area contributed by atoms with Crippen LogP contribution in [0.25, 0.3) is 0 Å². The van der Waals surface area contributed by atoms with Gasteiger partial charge in [0.25, 0.3) is 0 Å². The number of benzene rings is 1. The number of hydrogen-bond acceptors (Lipinski definition) is 2. The van der Waals surface area contributed by atoms with Crippen LogP contribution in [0.5, 0.6) is 0 Å². The van der Waals surface area contributed by atoms with E-state index in [0.717, 1.165) is 19.6 Å². The fraction of sp³-hybridized carbons (Fsp3) is 0.462. The van der Waals surface area contributed by atoms with Crippen LogP contribution in [0.2, 0.25) is 5.02 Å². The molecule has 0 radical (unpaired) electrons. The summed E-state index contributed by atoms with van der Waals surface area (Å²) in [5.74, 6) is -0.550. The topological polar surface area (TPSA) is 44.4 Å². The number of carbonyl (C=O) groups is 1. The third-order valence-electron chi connectivity index (χ3n) is 2.81. The van der Waals surface area contributed by atoms with E-state index in [4.69, 9.17) is 11.6 Å². The van der Waals surface area contributed by atoms with Gasteiger partial charge in [0.15, 0.2) is 0 Å². The van der Waals surface area contributed by atoms with Crippen molar-refractivity contribution in [3.8, 4) is 0 Å². The zero-order chi connectivity index (χ0) is 14.3. The molecule has 0 saturated carbocycles. The second kappa shape index (κ2) is 7.96. The Hall–Kier alpha value is -1.33. The van der Waals surface area contributed by atoms with Gasteiger partial charge in [-0.2, -0.15) is 0 Å². The summed E-state index contributed by atoms with van der Waals surface area (Å²) < 4.78 is 13.4. The maximum absolute atomic E-state index is 13.4. The highest BCUT2D eigenvalue weighted by Crippen LogP contribution is 2.24. The Morgan fingerprint density at radius 2 is 2.05 bits per heavy atom. The fourth-order valence-corrected chi connectivity index (χ4v) is 1.85. The summed E-state index contributed by atoms with van der Waals surface area (Å²) >= 11 is 5.81. The Kier molecular flexibility index (Phi) is 6.59. The molecule has 106 valence electrons. The number of amides is 2. The van der Waals surface area contributed by atoms with Crippen LogP contribution in [-0.4, -0.2) is 37.1 Å². The number of anilines is 1. The summed E-state index contributed by atoms with van der Waals surface area (Å²) in [5.41, 5.74) is 0.00417. The highest BCUT2D eigenvalue weighted by molar-refractivity contribution is 6.33. The van der Waals surface area contributed by atoms with Gasteiger partial charge >= 0.3 is 6.03 Å². The van der Waals surface area contributed by atoms with Crippen LogP contribution in [0.1, 0.15) is 13.8 Å². The fourth-order valence-electron chi connectivity index (χ4n) is 1.64. The SMILES string of the molecule is CCN(CC)CCNC(=O)Nc1c(F)cccc1Cl. The number of nitrogens with one attached hydrogen (secondary N) is 2. The monoisotopic (exact) mass is 287 g/mol. The first-order valence-electron chi connectivity index (χ1n) is 6.29. The smallest absolute Gasteiger partial charge is 0.319 e. The lowest BCUT2D eigenvalue weighted by molar-refractivity contribution is 0.247. The maximum Gasteiger partial charge on any atom is 0.319 e. The van der Waals surface area contributed by atoms with Gasteiger partial charge in [0.1, 0.15) is 5.82 Å². The minimum absolute atomic E-state index is 0.00417. The summed E-state index contributed by atoms with van der Waals surface area (Å²) in [5, 5.41) is 5.26. The zero-order valence-corrected chi connectivity index (χ0v) is 11.9. The average Bonchev–Trinajstić information content (AvgIpc) is 2.39. The first kappa shape index (κ1) is 15.7. The summed E-state index contributed by atoms with van der Waals surface area (Å²) in [4.78, 5) is 13.8. The predicted octanol–water partition coefficient (Wildman–Crippen LogP) is 2.94. The van der Waals surface area contributed by atoms with E-state index in [0.29, 0.717) is 6.54 Å². The summed E-state index contributed by atoms with van der Waals surface area (Å²) in [6.07, 6.45) is 0. The molecule has 0 spiro atoms. The van der Waals surface area contributed by atoms with E-state index in [-0.39, 0.29) is 10.7 Å². The molecule has 0 bridgehead atoms. The van der Waals surface area contributed by atoms with Gasteiger partial charge in [-0.05, 0) is 25.2 Å². The van der Waals surface area contributed by atoms with Gasteiger partial charge < -0.3 is 15.5 Å². The van der Waals surface area contributed by atoms with Crippen LogP contribution in [-0.2, 0) is 0 Å². The number of urea groups is 1. The van der Waals surface area contributed by atoms with Crippen LogP contribution in [0, 0.1) is 5.82 Å². The Labute approximate surface area is 117 Å². The molecule has 19 heavy (non-hydrogen) atoms. The lowest BCUT2D eigenvalue weighted by Crippen LogP contribution is -2.37. The predicted molar refractivity (Wildman–Crippen MR) is 76.2 cm³/mol. The largest absolute Gasteiger partial charge is 0.337 e. The highest BCUT2D eigenvalue weighted by Gasteiger charge is 2.10. The number of likely N-dealkylation sites (N-methyl/N-ethyl adjacent to an activating group) is 1. The molecular weight excluding hydrogens is 269 g/mol. The third-order valence-corrected chi connectivity index (χ3v) is 3.12. The molecule has 4 nitrogen and oxygen atoms in total. The maximum atomic E-state index is 13.4. The Morgan fingerprint density at radius 3 is 2.63 bits per heavy atom. The Balaban J connectivity index is 2.43. The van der Waals surface area contributed by atoms with E-state index in [1.807, 2.05) is 0 Å². The Morgan fingerprint density at radius 1 is 1.37 bits per heavy atom. The number of rotatable bonds is 6. The molecule has 0 heterocycles. The molecule has 0 aliphatic carbocycles. The van der Waals surface area contributed by atoms with Crippen LogP contribution in [0.3, 0.4) is 0 Å². The van der Waals surface area contributed by atoms with Crippen molar-refractivity contribution in [2.45, 2.75) is 13.8 Å². The lowest BCUT2D eigenvalue weighted by Gasteiger charge is -2.18. The molecular formula is C13H19ClFN3O. The summed E-state index contributed by atoms with van der Waals surface area (Å²) in [6, 6.07) is 3.80. The normalized spacial score (nSPS) is 10.6. The van der Waals surface area contributed by atoms with E-state index < -0.39 is 11.8 Å². The quantitative estimate of drug-likeness (QED) is 0.845. The molecule has 0 aliphatic rings. The molecule has 2 N–H and O–H groups in total. The second-order valence-electron chi connectivity index (χ2n) is 4.00. The van der Waals surface area contributed by atoms with E-state index in [2.05, 4.69) is 29.4 Å². The van der Waals surface area contributed by atoms with Crippen LogP contribution < -0.4 is 10.6 Å². The Bertz CT molecular complexity index is 404. The van der Waals surface area contributed by atoms with Gasteiger partial charge in [0.2, 0.25) is 0 Å². The van der Waals surface area contributed by atoms with E-state index in [1.54, 1.807) is 0 Å². The third kappa shape index (κ3) is 5.04. The second-order valence-corrected chi connectivity index (χ2v) is 4.41. The van der Waals surface area contributed by atoms with Crippen molar-refractivity contribution in [1.29, 1.82) is 0 Å². The van der Waals surface area contributed by atoms with E-state index >= 15 is 0 Å². The van der Waals surface area contributed by atoms with Crippen LogP contribution >= 0.6 is 11.6 Å². The van der Waals surface area contributed by atoms with Crippen molar-refractivity contribution in [2.75, 3.05) is 31.5 Å². The first-order chi connectivity index (χ1) is 9.08. The first-order valence-corrected chi connectivity index (χ1v) is 6.67. The molecule has 0 aromatic heterocycles. The zero-order valence-electron chi connectivity index (χ0n) is 11.2. The van der Waals surface area contributed by atoms with E-state index in [1.165, 1.54) is 18.2 Å². The van der Waals surface area contributed by atoms with Crippen molar-refractivity contribution in [3.05, 3.63) is 29.0 Å². The highest BCUT2D eigenvalue weighted by atomic mass is 35.5. The molecule has 0 atom stereocenters. The standard InChI is InChI=1S/C13H19ClFN3O/c1-3-18(4-2)9-8-16-13(19)17-12-10(14)6-5-7-11(12)15/h5-7H,3-4,8-9H2,1-2H3,(H2,16,17,19). The summed E-state index contributed by atoms with van der Waals surface area (Å²) in [7, 11) is 0. The van der Waals surface area contributed by atoms with Crippen molar-refractivity contribution >= 4 is 23.3 Å². The van der Waals surface area contributed by atoms with Crippen LogP contribution in [0.15, 0.2) is 18.2 Å². The molecule has 1 rings (SSSR count). The van der Waals surface area contributed by atoms with Crippen molar-refractivity contribution in [2.24, 2.45) is 0 Å². The molecule has 6 heteroatoms. The van der Waals surface area contributed by atoms with E-state index in [9.17, 15) is 9.18 Å². The molecule has 0 aliphatic heterocycles. The minimum Gasteiger partial charge on any atom is -0.337 e. The molecule has 1 aromatic carbocycles. The van der Waals surface area contributed by atoms with Gasteiger partial charge in [-0.25, -0.2) is 9.18 Å². The van der Waals surface area contributed by atoms with Gasteiger partial charge in [-0.3, -0.25) is 0 Å². The van der Waals surface area contributed by atoms with Crippen molar-refractivity contribution in [3.63, 3.8) is 0 Å². The lowest BCUT2D eigenvalue weighted by atomic mass is 10.3. The number of carbonyl (C=O) groups excluding carboxylic acids is 1. The number of hydrogen-bond donors (Lipinski definition) is 2. The van der Waals surface area contributed by atoms with Crippen molar-refractivity contribution in [1.82, 2.24) is 10.2 Å². The van der Waals surface area contributed by atoms with Gasteiger partial charge in [0.05, 0.1) is 10.7 Å². The van der Waals surface area contributed by atoms with Gasteiger partial charge in [0, 0.05) is 13.1 Å². The number of para-hydroxylation sites is 1. The van der Waals surface area contributed by atoms with Gasteiger partial charge in [-0.1, -0.05) is 31.5 Å². The van der Waals surface area contributed by atoms with Crippen LogP contribution in [0.4, 0.5) is 14.9 Å². The minimum atomic E-state index is -0.550. The average molecular weight is 288 g/mol.